The van der Waals surface area contributed by atoms with Crippen LogP contribution >= 0.6 is 0 Å². The Morgan fingerprint density at radius 2 is 1.97 bits per heavy atom. The Bertz CT molecular complexity index is 1050. The summed E-state index contributed by atoms with van der Waals surface area (Å²) >= 11 is 0. The summed E-state index contributed by atoms with van der Waals surface area (Å²) in [5.41, 5.74) is 4.28. The fourth-order valence-corrected chi connectivity index (χ4v) is 3.70. The first kappa shape index (κ1) is 20.0. The SMILES string of the molecule is COc1ccc(OC)c(-c2cc(C(=O)N(C)CC3Cc4ccccc4CO3)[nH]n2)c1. The Morgan fingerprint density at radius 1 is 1.17 bits per heavy atom. The van der Waals surface area contributed by atoms with Gasteiger partial charge in [-0.2, -0.15) is 5.10 Å². The maximum atomic E-state index is 12.9. The van der Waals surface area contributed by atoms with Gasteiger partial charge in [0, 0.05) is 25.6 Å². The molecular weight excluding hydrogens is 382 g/mol. The number of amides is 1. The molecule has 1 aliphatic rings. The number of likely N-dealkylation sites (N-methyl/N-ethyl adjacent to an activating group) is 1. The summed E-state index contributed by atoms with van der Waals surface area (Å²) in [6.45, 7) is 1.08. The van der Waals surface area contributed by atoms with Crippen molar-refractivity contribution in [3.05, 3.63) is 65.4 Å². The molecule has 0 fully saturated rings. The van der Waals surface area contributed by atoms with E-state index in [4.69, 9.17) is 14.2 Å². The lowest BCUT2D eigenvalue weighted by atomic mass is 9.99. The Labute approximate surface area is 175 Å². The van der Waals surface area contributed by atoms with Crippen molar-refractivity contribution in [2.45, 2.75) is 19.1 Å². The molecule has 0 bridgehead atoms. The highest BCUT2D eigenvalue weighted by Crippen LogP contribution is 2.32. The average molecular weight is 407 g/mol. The average Bonchev–Trinajstić information content (AvgIpc) is 3.28. The molecule has 2 heterocycles. The third kappa shape index (κ3) is 4.02. The molecule has 3 aromatic rings. The number of nitrogens with zero attached hydrogens (tertiary/aromatic N) is 2. The highest BCUT2D eigenvalue weighted by molar-refractivity contribution is 5.93. The van der Waals surface area contributed by atoms with E-state index in [1.807, 2.05) is 30.3 Å². The van der Waals surface area contributed by atoms with Gasteiger partial charge in [0.25, 0.3) is 5.91 Å². The van der Waals surface area contributed by atoms with E-state index < -0.39 is 0 Å². The van der Waals surface area contributed by atoms with E-state index in [0.717, 1.165) is 12.0 Å². The highest BCUT2D eigenvalue weighted by atomic mass is 16.5. The number of aromatic amines is 1. The molecule has 0 aliphatic carbocycles. The van der Waals surface area contributed by atoms with E-state index in [1.165, 1.54) is 11.1 Å². The van der Waals surface area contributed by atoms with Crippen molar-refractivity contribution in [1.82, 2.24) is 15.1 Å². The number of hydrogen-bond donors (Lipinski definition) is 1. The van der Waals surface area contributed by atoms with E-state index in [2.05, 4.69) is 22.3 Å². The van der Waals surface area contributed by atoms with Gasteiger partial charge < -0.3 is 19.1 Å². The van der Waals surface area contributed by atoms with E-state index in [9.17, 15) is 4.79 Å². The monoisotopic (exact) mass is 407 g/mol. The molecule has 0 radical (unpaired) electrons. The summed E-state index contributed by atoms with van der Waals surface area (Å²) in [5, 5.41) is 7.16. The number of fused-ring (bicyclic) bond motifs is 1. The number of benzene rings is 2. The zero-order valence-corrected chi connectivity index (χ0v) is 17.3. The standard InChI is InChI=1S/C23H25N3O4/c1-26(13-18-10-15-6-4-5-7-16(15)14-30-18)23(27)21-12-20(24-25-21)19-11-17(28-2)8-9-22(19)29-3/h4-9,11-12,18H,10,13-14H2,1-3H3,(H,24,25). The van der Waals surface area contributed by atoms with Crippen molar-refractivity contribution in [2.24, 2.45) is 0 Å². The lowest BCUT2D eigenvalue weighted by molar-refractivity contribution is 0.00972. The second-order valence-electron chi connectivity index (χ2n) is 7.32. The van der Waals surface area contributed by atoms with Gasteiger partial charge in [-0.25, -0.2) is 0 Å². The van der Waals surface area contributed by atoms with Crippen LogP contribution < -0.4 is 9.47 Å². The number of carbonyl (C=O) groups is 1. The van der Waals surface area contributed by atoms with Crippen LogP contribution in [0.5, 0.6) is 11.5 Å². The van der Waals surface area contributed by atoms with Crippen LogP contribution in [0.3, 0.4) is 0 Å². The summed E-state index contributed by atoms with van der Waals surface area (Å²) in [5.74, 6) is 1.20. The minimum Gasteiger partial charge on any atom is -0.497 e. The number of methoxy groups -OCH3 is 2. The summed E-state index contributed by atoms with van der Waals surface area (Å²) in [4.78, 5) is 14.6. The molecule has 1 amide bonds. The predicted molar refractivity (Wildman–Crippen MR) is 113 cm³/mol. The zero-order valence-electron chi connectivity index (χ0n) is 17.3. The minimum absolute atomic E-state index is 0.0327. The van der Waals surface area contributed by atoms with E-state index >= 15 is 0 Å². The quantitative estimate of drug-likeness (QED) is 0.678. The fourth-order valence-electron chi connectivity index (χ4n) is 3.70. The Balaban J connectivity index is 1.47. The van der Waals surface area contributed by atoms with Crippen molar-refractivity contribution >= 4 is 5.91 Å². The topological polar surface area (TPSA) is 76.7 Å². The van der Waals surface area contributed by atoms with Crippen LogP contribution in [0, 0.1) is 0 Å². The first-order valence-electron chi connectivity index (χ1n) is 9.80. The molecule has 1 unspecified atom stereocenters. The van der Waals surface area contributed by atoms with Gasteiger partial charge in [0.05, 0.1) is 32.6 Å². The molecule has 1 N–H and O–H groups in total. The van der Waals surface area contributed by atoms with Crippen LogP contribution in [0.4, 0.5) is 0 Å². The highest BCUT2D eigenvalue weighted by Gasteiger charge is 2.24. The number of nitrogens with one attached hydrogen (secondary N) is 1. The summed E-state index contributed by atoms with van der Waals surface area (Å²) < 4.78 is 16.7. The van der Waals surface area contributed by atoms with Crippen molar-refractivity contribution in [2.75, 3.05) is 27.8 Å². The number of aromatic nitrogens is 2. The summed E-state index contributed by atoms with van der Waals surface area (Å²) in [6, 6.07) is 15.5. The van der Waals surface area contributed by atoms with E-state index in [1.54, 1.807) is 32.2 Å². The van der Waals surface area contributed by atoms with E-state index in [-0.39, 0.29) is 12.0 Å². The molecule has 0 saturated carbocycles. The van der Waals surface area contributed by atoms with Crippen molar-refractivity contribution < 1.29 is 19.0 Å². The third-order valence-corrected chi connectivity index (χ3v) is 5.36. The van der Waals surface area contributed by atoms with Gasteiger partial charge in [-0.1, -0.05) is 24.3 Å². The van der Waals surface area contributed by atoms with Gasteiger partial charge in [0.15, 0.2) is 0 Å². The van der Waals surface area contributed by atoms with Crippen LogP contribution in [-0.4, -0.2) is 54.9 Å². The molecule has 30 heavy (non-hydrogen) atoms. The molecule has 0 spiro atoms. The van der Waals surface area contributed by atoms with Gasteiger partial charge in [-0.15, -0.1) is 0 Å². The lowest BCUT2D eigenvalue weighted by Gasteiger charge is -2.28. The fraction of sp³-hybridized carbons (Fsp3) is 0.304. The molecule has 1 aromatic heterocycles. The molecule has 7 nitrogen and oxygen atoms in total. The largest absolute Gasteiger partial charge is 0.497 e. The number of H-pyrrole nitrogens is 1. The Morgan fingerprint density at radius 3 is 2.73 bits per heavy atom. The summed E-state index contributed by atoms with van der Waals surface area (Å²) in [6.07, 6.45) is 0.762. The zero-order chi connectivity index (χ0) is 21.1. The third-order valence-electron chi connectivity index (χ3n) is 5.36. The van der Waals surface area contributed by atoms with Crippen LogP contribution in [0.2, 0.25) is 0 Å². The first-order chi connectivity index (χ1) is 14.6. The van der Waals surface area contributed by atoms with E-state index in [0.29, 0.717) is 36.0 Å². The lowest BCUT2D eigenvalue weighted by Crippen LogP contribution is -2.38. The number of hydrogen-bond acceptors (Lipinski definition) is 5. The molecule has 1 aliphatic heterocycles. The molecule has 0 saturated heterocycles. The van der Waals surface area contributed by atoms with Crippen LogP contribution in [-0.2, 0) is 17.8 Å². The normalized spacial score (nSPS) is 15.4. The van der Waals surface area contributed by atoms with Crippen LogP contribution in [0.25, 0.3) is 11.3 Å². The van der Waals surface area contributed by atoms with Gasteiger partial charge in [-0.05, 0) is 35.4 Å². The smallest absolute Gasteiger partial charge is 0.271 e. The molecule has 4 rings (SSSR count). The molecule has 156 valence electrons. The molecule has 1 atom stereocenters. The van der Waals surface area contributed by atoms with Gasteiger partial charge >= 0.3 is 0 Å². The van der Waals surface area contributed by atoms with Crippen molar-refractivity contribution in [1.29, 1.82) is 0 Å². The van der Waals surface area contributed by atoms with Gasteiger partial charge in [0.1, 0.15) is 17.2 Å². The number of rotatable bonds is 6. The Kier molecular flexibility index (Phi) is 5.72. The van der Waals surface area contributed by atoms with Gasteiger partial charge in [-0.3, -0.25) is 9.89 Å². The number of ether oxygens (including phenoxy) is 3. The van der Waals surface area contributed by atoms with Crippen LogP contribution in [0.1, 0.15) is 21.6 Å². The second-order valence-corrected chi connectivity index (χ2v) is 7.32. The molecule has 7 heteroatoms. The molecular formula is C23H25N3O4. The molecule has 2 aromatic carbocycles. The van der Waals surface area contributed by atoms with Crippen molar-refractivity contribution in [3.8, 4) is 22.8 Å². The summed E-state index contributed by atoms with van der Waals surface area (Å²) in [7, 11) is 4.98. The predicted octanol–water partition coefficient (Wildman–Crippen LogP) is 3.31. The number of carbonyl (C=O) groups excluding carboxylic acids is 1. The maximum absolute atomic E-state index is 12.9. The Hall–Kier alpha value is -3.32. The first-order valence-corrected chi connectivity index (χ1v) is 9.80. The minimum atomic E-state index is -0.141. The van der Waals surface area contributed by atoms with Gasteiger partial charge in [0.2, 0.25) is 0 Å². The van der Waals surface area contributed by atoms with Crippen LogP contribution in [0.15, 0.2) is 48.5 Å². The maximum Gasteiger partial charge on any atom is 0.271 e. The second kappa shape index (κ2) is 8.59. The van der Waals surface area contributed by atoms with Crippen molar-refractivity contribution in [3.63, 3.8) is 0 Å².